The van der Waals surface area contributed by atoms with E-state index in [1.54, 1.807) is 11.0 Å². The lowest BCUT2D eigenvalue weighted by Crippen LogP contribution is -2.60. The summed E-state index contributed by atoms with van der Waals surface area (Å²) in [5, 5.41) is 10.6. The zero-order valence-electron chi connectivity index (χ0n) is 23.8. The van der Waals surface area contributed by atoms with Crippen molar-refractivity contribution in [3.05, 3.63) is 61.2 Å². The lowest BCUT2D eigenvalue weighted by molar-refractivity contribution is -0.155. The zero-order chi connectivity index (χ0) is 29.9. The van der Waals surface area contributed by atoms with E-state index >= 15 is 0 Å². The monoisotopic (exact) mass is 645 g/mol. The van der Waals surface area contributed by atoms with Gasteiger partial charge in [-0.05, 0) is 18.4 Å². The van der Waals surface area contributed by atoms with Gasteiger partial charge >= 0.3 is 5.97 Å². The molecule has 11 heteroatoms. The second-order valence-electron chi connectivity index (χ2n) is 11.4. The Balaban J connectivity index is 1.51. The number of hydrogen-bond acceptors (Lipinski definition) is 8. The molecule has 1 spiro atoms. The number of fused-ring (bicyclic) bond motifs is 1. The molecule has 4 saturated heterocycles. The molecule has 2 amide bonds. The molecule has 0 saturated carbocycles. The normalized spacial score (nSPS) is 31.0. The van der Waals surface area contributed by atoms with Crippen LogP contribution in [-0.4, -0.2) is 125 Å². The van der Waals surface area contributed by atoms with E-state index < -0.39 is 41.6 Å². The van der Waals surface area contributed by atoms with Crippen LogP contribution in [0.15, 0.2) is 55.6 Å². The van der Waals surface area contributed by atoms with Crippen molar-refractivity contribution < 1.29 is 33.7 Å². The molecule has 1 aromatic carbocycles. The van der Waals surface area contributed by atoms with E-state index in [4.69, 9.17) is 14.2 Å². The summed E-state index contributed by atoms with van der Waals surface area (Å²) in [5.41, 5.74) is -0.321. The molecule has 4 aliphatic rings. The molecule has 4 fully saturated rings. The van der Waals surface area contributed by atoms with Crippen LogP contribution in [0.2, 0.25) is 0 Å². The minimum atomic E-state index is -1.24. The minimum Gasteiger partial charge on any atom is -0.461 e. The molecule has 0 aromatic heterocycles. The van der Waals surface area contributed by atoms with Gasteiger partial charge in [0.15, 0.2) is 0 Å². The van der Waals surface area contributed by atoms with Gasteiger partial charge in [-0.25, -0.2) is 0 Å². The van der Waals surface area contributed by atoms with Gasteiger partial charge in [0.1, 0.15) is 18.2 Å². The lowest BCUT2D eigenvalue weighted by Gasteiger charge is -2.40. The molecular weight excluding hydrogens is 606 g/mol. The summed E-state index contributed by atoms with van der Waals surface area (Å²) in [5.74, 6) is -2.97. The van der Waals surface area contributed by atoms with Crippen LogP contribution in [0.25, 0.3) is 0 Å². The smallest absolute Gasteiger partial charge is 0.312 e. The van der Waals surface area contributed by atoms with E-state index in [-0.39, 0.29) is 36.4 Å². The zero-order valence-corrected chi connectivity index (χ0v) is 25.4. The maximum Gasteiger partial charge on any atom is 0.312 e. The van der Waals surface area contributed by atoms with Gasteiger partial charge in [0, 0.05) is 37.6 Å². The highest BCUT2D eigenvalue weighted by Crippen LogP contribution is 2.60. The summed E-state index contributed by atoms with van der Waals surface area (Å²) in [4.78, 5) is 47.6. The van der Waals surface area contributed by atoms with Crippen molar-refractivity contribution >= 4 is 33.7 Å². The SMILES string of the molecule is C=CCOC(=O)[C@H]1[C@@H]2OC3(CC2Br)C(C(=O)N(CC=C)CCN2CCOCC2)N([C@@H](CO)Cc2ccccc2)C(=O)[C@H]13. The van der Waals surface area contributed by atoms with Crippen molar-refractivity contribution in [1.29, 1.82) is 0 Å². The number of likely N-dealkylation sites (tertiary alicyclic amines) is 1. The highest BCUT2D eigenvalue weighted by molar-refractivity contribution is 9.09. The summed E-state index contributed by atoms with van der Waals surface area (Å²) >= 11 is 3.69. The molecule has 4 aliphatic heterocycles. The summed E-state index contributed by atoms with van der Waals surface area (Å²) in [6, 6.07) is 7.83. The third-order valence-electron chi connectivity index (χ3n) is 8.95. The fraction of sp³-hybridized carbons (Fsp3) is 0.581. The van der Waals surface area contributed by atoms with Crippen LogP contribution in [0.5, 0.6) is 0 Å². The molecule has 0 aliphatic carbocycles. The van der Waals surface area contributed by atoms with Gasteiger partial charge in [0.25, 0.3) is 0 Å². The highest BCUT2D eigenvalue weighted by Gasteiger charge is 2.77. The lowest BCUT2D eigenvalue weighted by atomic mass is 9.70. The molecule has 1 N–H and O–H groups in total. The molecule has 7 atom stereocenters. The molecule has 42 heavy (non-hydrogen) atoms. The van der Waals surface area contributed by atoms with Gasteiger partial charge in [-0.3, -0.25) is 19.3 Å². The van der Waals surface area contributed by atoms with Crippen molar-refractivity contribution in [2.45, 2.75) is 41.5 Å². The van der Waals surface area contributed by atoms with Crippen molar-refractivity contribution in [3.63, 3.8) is 0 Å². The van der Waals surface area contributed by atoms with Gasteiger partial charge < -0.3 is 29.1 Å². The van der Waals surface area contributed by atoms with E-state index in [2.05, 4.69) is 34.0 Å². The van der Waals surface area contributed by atoms with Crippen LogP contribution in [0.4, 0.5) is 0 Å². The Kier molecular flexibility index (Phi) is 9.84. The number of aliphatic hydroxyl groups is 1. The molecule has 10 nitrogen and oxygen atoms in total. The molecular formula is C31H40BrN3O7. The Hall–Kier alpha value is -2.57. The molecule has 1 aromatic rings. The van der Waals surface area contributed by atoms with Crippen LogP contribution in [0.1, 0.15) is 12.0 Å². The first kappa shape index (κ1) is 30.9. The Morgan fingerprint density at radius 2 is 1.95 bits per heavy atom. The van der Waals surface area contributed by atoms with Gasteiger partial charge in [0.2, 0.25) is 11.8 Å². The van der Waals surface area contributed by atoms with E-state index in [0.29, 0.717) is 39.1 Å². The third-order valence-corrected chi connectivity index (χ3v) is 9.79. The number of ether oxygens (including phenoxy) is 3. The van der Waals surface area contributed by atoms with Crippen LogP contribution in [-0.2, 0) is 35.0 Å². The number of rotatable bonds is 13. The summed E-state index contributed by atoms with van der Waals surface area (Å²) in [7, 11) is 0. The average molecular weight is 647 g/mol. The molecule has 4 heterocycles. The average Bonchev–Trinajstić information content (AvgIpc) is 3.60. The molecule has 3 unspecified atom stereocenters. The number of benzene rings is 1. The highest BCUT2D eigenvalue weighted by atomic mass is 79.9. The Bertz CT molecular complexity index is 1160. The first-order valence-corrected chi connectivity index (χ1v) is 15.5. The standard InChI is InChI=1S/C31H40BrN3O7/c1-3-10-34(12-11-33-13-16-40-17-14-33)29(38)27-31-19-23(32)26(42-31)24(30(39)41-15-4-2)25(31)28(37)35(27)22(20-36)18-21-8-6-5-7-9-21/h3-9,22-27,36H,1-2,10-20H2/t22-,23?,24-,25+,26-,27?,31?/m1/s1. The van der Waals surface area contributed by atoms with Crippen molar-refractivity contribution in [1.82, 2.24) is 14.7 Å². The molecule has 0 radical (unpaired) electrons. The largest absolute Gasteiger partial charge is 0.461 e. The number of esters is 1. The van der Waals surface area contributed by atoms with Crippen LogP contribution in [0, 0.1) is 11.8 Å². The fourth-order valence-corrected chi connectivity index (χ4v) is 8.03. The Labute approximate surface area is 255 Å². The predicted octanol–water partition coefficient (Wildman–Crippen LogP) is 1.41. The number of aliphatic hydroxyl groups excluding tert-OH is 1. The summed E-state index contributed by atoms with van der Waals surface area (Å²) in [6.07, 6.45) is 3.26. The van der Waals surface area contributed by atoms with Crippen molar-refractivity contribution in [2.24, 2.45) is 11.8 Å². The fourth-order valence-electron chi connectivity index (χ4n) is 7.09. The second kappa shape index (κ2) is 13.4. The number of hydrogen-bond donors (Lipinski definition) is 1. The Morgan fingerprint density at radius 1 is 1.21 bits per heavy atom. The Morgan fingerprint density at radius 3 is 2.62 bits per heavy atom. The quantitative estimate of drug-likeness (QED) is 0.195. The van der Waals surface area contributed by atoms with Gasteiger partial charge in [-0.1, -0.05) is 65.0 Å². The molecule has 228 valence electrons. The molecule has 2 bridgehead atoms. The van der Waals surface area contributed by atoms with Crippen molar-refractivity contribution in [3.8, 4) is 0 Å². The number of nitrogens with zero attached hydrogens (tertiary/aromatic N) is 3. The number of amides is 2. The third kappa shape index (κ3) is 5.69. The number of carbonyl (C=O) groups is 3. The molecule has 5 rings (SSSR count). The topological polar surface area (TPSA) is 109 Å². The predicted molar refractivity (Wildman–Crippen MR) is 159 cm³/mol. The number of alkyl halides is 1. The van der Waals surface area contributed by atoms with Gasteiger partial charge in [-0.15, -0.1) is 6.58 Å². The maximum atomic E-state index is 14.7. The van der Waals surface area contributed by atoms with E-state index in [1.165, 1.54) is 11.0 Å². The van der Waals surface area contributed by atoms with Crippen LogP contribution < -0.4 is 0 Å². The van der Waals surface area contributed by atoms with Crippen molar-refractivity contribution in [2.75, 3.05) is 59.2 Å². The summed E-state index contributed by atoms with van der Waals surface area (Å²) in [6.45, 7) is 11.4. The van der Waals surface area contributed by atoms with Gasteiger partial charge in [-0.2, -0.15) is 0 Å². The second-order valence-corrected chi connectivity index (χ2v) is 12.6. The van der Waals surface area contributed by atoms with Crippen LogP contribution >= 0.6 is 15.9 Å². The van der Waals surface area contributed by atoms with E-state index in [1.807, 2.05) is 30.3 Å². The first-order valence-electron chi connectivity index (χ1n) is 14.6. The maximum absolute atomic E-state index is 14.7. The minimum absolute atomic E-state index is 0.0108. The van der Waals surface area contributed by atoms with Crippen LogP contribution in [0.3, 0.4) is 0 Å². The van der Waals surface area contributed by atoms with E-state index in [0.717, 1.165) is 18.7 Å². The number of morpholine rings is 1. The van der Waals surface area contributed by atoms with Gasteiger partial charge in [0.05, 0.1) is 43.8 Å². The first-order chi connectivity index (χ1) is 20.4. The summed E-state index contributed by atoms with van der Waals surface area (Å²) < 4.78 is 17.5. The van der Waals surface area contributed by atoms with E-state index in [9.17, 15) is 19.5 Å². The number of halogens is 1. The number of carbonyl (C=O) groups excluding carboxylic acids is 3.